The summed E-state index contributed by atoms with van der Waals surface area (Å²) in [6.45, 7) is 0. The molecule has 2 N–H and O–H groups in total. The topological polar surface area (TPSA) is 75.1 Å². The second-order valence-corrected chi connectivity index (χ2v) is 6.70. The predicted octanol–water partition coefficient (Wildman–Crippen LogP) is 4.28. The molecule has 1 heterocycles. The van der Waals surface area contributed by atoms with Gasteiger partial charge in [0.2, 0.25) is 0 Å². The van der Waals surface area contributed by atoms with Crippen molar-refractivity contribution < 1.29 is 18.7 Å². The molecular weight excluding hydrogens is 364 g/mol. The molecule has 0 radical (unpaired) electrons. The molecule has 0 aliphatic heterocycles. The molecule has 0 saturated carbocycles. The zero-order valence-corrected chi connectivity index (χ0v) is 14.9. The normalized spacial score (nSPS) is 12.6. The lowest BCUT2D eigenvalue weighted by atomic mass is 10.1. The van der Waals surface area contributed by atoms with Gasteiger partial charge >= 0.3 is 5.97 Å². The quantitative estimate of drug-likeness (QED) is 0.690. The van der Waals surface area contributed by atoms with E-state index >= 15 is 0 Å². The highest BCUT2D eigenvalue weighted by molar-refractivity contribution is 5.71. The molecule has 0 atom stereocenters. The number of anilines is 2. The summed E-state index contributed by atoms with van der Waals surface area (Å²) in [5, 5.41) is 12.1. The minimum atomic E-state index is -0.940. The summed E-state index contributed by atoms with van der Waals surface area (Å²) >= 11 is 0. The Labute approximate surface area is 160 Å². The molecule has 0 saturated heterocycles. The molecule has 1 aliphatic carbocycles. The van der Waals surface area contributed by atoms with Crippen molar-refractivity contribution in [1.82, 2.24) is 9.97 Å². The molecule has 0 unspecified atom stereocenters. The van der Waals surface area contributed by atoms with Gasteiger partial charge < -0.3 is 10.4 Å². The first-order valence-electron chi connectivity index (χ1n) is 8.92. The fourth-order valence-electron chi connectivity index (χ4n) is 3.32. The van der Waals surface area contributed by atoms with Crippen molar-refractivity contribution in [2.45, 2.75) is 25.7 Å². The number of hydrogen-bond acceptors (Lipinski definition) is 4. The first-order valence-corrected chi connectivity index (χ1v) is 8.92. The van der Waals surface area contributed by atoms with Crippen LogP contribution in [0.3, 0.4) is 0 Å². The minimum Gasteiger partial charge on any atom is -0.481 e. The number of nitrogens with zero attached hydrogens (tertiary/aromatic N) is 2. The fourth-order valence-corrected chi connectivity index (χ4v) is 3.32. The Balaban J connectivity index is 1.67. The molecular formula is C21H17F2N3O2. The third-order valence-electron chi connectivity index (χ3n) is 4.68. The van der Waals surface area contributed by atoms with E-state index in [1.165, 1.54) is 6.07 Å². The highest BCUT2D eigenvalue weighted by Gasteiger charge is 2.20. The third-order valence-corrected chi connectivity index (χ3v) is 4.68. The van der Waals surface area contributed by atoms with E-state index in [2.05, 4.69) is 15.3 Å². The van der Waals surface area contributed by atoms with E-state index < -0.39 is 17.6 Å². The number of carboxylic acid groups (broad SMARTS) is 1. The van der Waals surface area contributed by atoms with E-state index in [0.29, 0.717) is 22.8 Å². The predicted molar refractivity (Wildman–Crippen MR) is 100 cm³/mol. The number of aromatic nitrogens is 2. The van der Waals surface area contributed by atoms with Crippen molar-refractivity contribution in [2.75, 3.05) is 5.32 Å². The van der Waals surface area contributed by atoms with Crippen molar-refractivity contribution in [3.8, 4) is 11.4 Å². The number of carboxylic acids is 1. The Morgan fingerprint density at radius 1 is 1.04 bits per heavy atom. The monoisotopic (exact) mass is 381 g/mol. The number of fused-ring (bicyclic) bond motifs is 1. The maximum atomic E-state index is 13.6. The maximum absolute atomic E-state index is 13.6. The number of nitrogens with one attached hydrogen (secondary N) is 1. The Kier molecular flexibility index (Phi) is 4.73. The summed E-state index contributed by atoms with van der Waals surface area (Å²) in [6.07, 6.45) is 2.56. The molecule has 3 aromatic rings. The number of rotatable bonds is 5. The molecule has 1 aliphatic rings. The van der Waals surface area contributed by atoms with E-state index in [0.717, 1.165) is 48.3 Å². The van der Waals surface area contributed by atoms with E-state index in [1.54, 1.807) is 24.3 Å². The van der Waals surface area contributed by atoms with Crippen LogP contribution in [0.15, 0.2) is 42.5 Å². The van der Waals surface area contributed by atoms with Crippen LogP contribution in [-0.2, 0) is 24.1 Å². The Bertz CT molecular complexity index is 1050. The molecule has 142 valence electrons. The Morgan fingerprint density at radius 2 is 1.82 bits per heavy atom. The van der Waals surface area contributed by atoms with E-state index in [1.807, 2.05) is 0 Å². The number of halogens is 2. The molecule has 0 spiro atoms. The largest absolute Gasteiger partial charge is 0.481 e. The molecule has 4 rings (SSSR count). The van der Waals surface area contributed by atoms with Gasteiger partial charge in [0.25, 0.3) is 0 Å². The van der Waals surface area contributed by atoms with Gasteiger partial charge in [-0.05, 0) is 55.2 Å². The van der Waals surface area contributed by atoms with Crippen LogP contribution in [0.5, 0.6) is 0 Å². The molecule has 28 heavy (non-hydrogen) atoms. The summed E-state index contributed by atoms with van der Waals surface area (Å²) in [4.78, 5) is 19.9. The Hall–Kier alpha value is -3.35. The van der Waals surface area contributed by atoms with E-state index in [9.17, 15) is 13.6 Å². The SMILES string of the molecule is O=C(O)Cc1ccc(Nc2nc(-c3ccc(F)c(F)c3)nc3c2CCC3)cc1. The highest BCUT2D eigenvalue weighted by Crippen LogP contribution is 2.31. The number of carbonyl (C=O) groups is 1. The van der Waals surface area contributed by atoms with Gasteiger partial charge in [-0.25, -0.2) is 18.7 Å². The number of aliphatic carboxylic acids is 1. The van der Waals surface area contributed by atoms with Gasteiger partial charge in [-0.1, -0.05) is 12.1 Å². The third kappa shape index (κ3) is 3.69. The van der Waals surface area contributed by atoms with Gasteiger partial charge in [-0.15, -0.1) is 0 Å². The first-order chi connectivity index (χ1) is 13.5. The number of benzene rings is 2. The van der Waals surface area contributed by atoms with E-state index in [4.69, 9.17) is 5.11 Å². The van der Waals surface area contributed by atoms with Crippen molar-refractivity contribution in [3.05, 3.63) is 70.9 Å². The van der Waals surface area contributed by atoms with Gasteiger partial charge in [0.1, 0.15) is 5.82 Å². The maximum Gasteiger partial charge on any atom is 0.307 e. The average molecular weight is 381 g/mol. The van der Waals surface area contributed by atoms with Crippen LogP contribution >= 0.6 is 0 Å². The standard InChI is InChI=1S/C21H17F2N3O2/c22-16-9-6-13(11-17(16)23)20-25-18-3-1-2-15(18)21(26-20)24-14-7-4-12(5-8-14)10-19(27)28/h4-9,11H,1-3,10H2,(H,27,28)(H,24,25,26). The van der Waals surface area contributed by atoms with Gasteiger partial charge in [0, 0.05) is 22.5 Å². The second-order valence-electron chi connectivity index (χ2n) is 6.70. The Morgan fingerprint density at radius 3 is 2.54 bits per heavy atom. The summed E-state index contributed by atoms with van der Waals surface area (Å²) in [6, 6.07) is 10.7. The van der Waals surface area contributed by atoms with Crippen LogP contribution in [0.4, 0.5) is 20.3 Å². The van der Waals surface area contributed by atoms with Crippen LogP contribution < -0.4 is 5.32 Å². The zero-order valence-electron chi connectivity index (χ0n) is 14.9. The summed E-state index contributed by atoms with van der Waals surface area (Å²) < 4.78 is 26.9. The van der Waals surface area contributed by atoms with Crippen LogP contribution in [0.2, 0.25) is 0 Å². The van der Waals surface area contributed by atoms with Crippen molar-refractivity contribution in [3.63, 3.8) is 0 Å². The van der Waals surface area contributed by atoms with Crippen LogP contribution in [0.1, 0.15) is 23.2 Å². The molecule has 7 heteroatoms. The second kappa shape index (κ2) is 7.34. The number of aryl methyl sites for hydroxylation is 1. The van der Waals surface area contributed by atoms with Gasteiger partial charge in [0.15, 0.2) is 17.5 Å². The zero-order chi connectivity index (χ0) is 19.7. The van der Waals surface area contributed by atoms with Crippen LogP contribution in [0, 0.1) is 11.6 Å². The molecule has 0 bridgehead atoms. The summed E-state index contributed by atoms with van der Waals surface area (Å²) in [5.74, 6) is -1.77. The van der Waals surface area contributed by atoms with Crippen LogP contribution in [-0.4, -0.2) is 21.0 Å². The van der Waals surface area contributed by atoms with Crippen molar-refractivity contribution in [1.29, 1.82) is 0 Å². The lowest BCUT2D eigenvalue weighted by molar-refractivity contribution is -0.136. The molecule has 5 nitrogen and oxygen atoms in total. The molecule has 0 amide bonds. The molecule has 1 aromatic heterocycles. The first kappa shape index (κ1) is 18.0. The lowest BCUT2D eigenvalue weighted by Crippen LogP contribution is -2.04. The van der Waals surface area contributed by atoms with Gasteiger partial charge in [-0.3, -0.25) is 4.79 Å². The highest BCUT2D eigenvalue weighted by atomic mass is 19.2. The van der Waals surface area contributed by atoms with Crippen molar-refractivity contribution in [2.24, 2.45) is 0 Å². The van der Waals surface area contributed by atoms with Gasteiger partial charge in [-0.2, -0.15) is 0 Å². The fraction of sp³-hybridized carbons (Fsp3) is 0.190. The van der Waals surface area contributed by atoms with Crippen LogP contribution in [0.25, 0.3) is 11.4 Å². The van der Waals surface area contributed by atoms with E-state index in [-0.39, 0.29) is 6.42 Å². The van der Waals surface area contributed by atoms with Crippen molar-refractivity contribution >= 4 is 17.5 Å². The smallest absolute Gasteiger partial charge is 0.307 e. The molecule has 2 aromatic carbocycles. The number of hydrogen-bond donors (Lipinski definition) is 2. The summed E-state index contributed by atoms with van der Waals surface area (Å²) in [7, 11) is 0. The molecule has 0 fully saturated rings. The summed E-state index contributed by atoms with van der Waals surface area (Å²) in [5.41, 5.74) is 3.79. The lowest BCUT2D eigenvalue weighted by Gasteiger charge is -2.13. The average Bonchev–Trinajstić information content (AvgIpc) is 3.14. The van der Waals surface area contributed by atoms with Gasteiger partial charge in [0.05, 0.1) is 6.42 Å². The minimum absolute atomic E-state index is 0.0382.